The number of carbonyl (C=O) groups is 1. The third kappa shape index (κ3) is 3.48. The molecule has 5 heteroatoms. The molecule has 0 amide bonds. The summed E-state index contributed by atoms with van der Waals surface area (Å²) >= 11 is 0. The Hall–Kier alpha value is -1.62. The average Bonchev–Trinajstić information content (AvgIpc) is 2.39. The molecule has 1 aromatic rings. The van der Waals surface area contributed by atoms with Crippen LogP contribution < -0.4 is 5.32 Å². The molecule has 1 aliphatic carbocycles. The second-order valence-corrected chi connectivity index (χ2v) is 5.48. The van der Waals surface area contributed by atoms with Crippen molar-refractivity contribution >= 4 is 5.97 Å². The van der Waals surface area contributed by atoms with Crippen molar-refractivity contribution in [3.05, 3.63) is 29.6 Å². The molecule has 3 N–H and O–H groups in total. The minimum Gasteiger partial charge on any atom is -0.508 e. The van der Waals surface area contributed by atoms with Crippen molar-refractivity contribution < 1.29 is 19.4 Å². The van der Waals surface area contributed by atoms with Gasteiger partial charge in [0.2, 0.25) is 0 Å². The molecule has 110 valence electrons. The summed E-state index contributed by atoms with van der Waals surface area (Å²) in [6, 6.07) is 4.15. The van der Waals surface area contributed by atoms with Gasteiger partial charge in [-0.3, -0.25) is 4.79 Å². The molecule has 4 nitrogen and oxygen atoms in total. The van der Waals surface area contributed by atoms with Gasteiger partial charge < -0.3 is 15.5 Å². The number of carboxylic acids is 1. The molecule has 0 aromatic heterocycles. The fourth-order valence-corrected chi connectivity index (χ4v) is 2.83. The Bertz CT molecular complexity index is 484. The van der Waals surface area contributed by atoms with Crippen LogP contribution in [0.2, 0.25) is 0 Å². The highest BCUT2D eigenvalue weighted by Gasteiger charge is 2.27. The zero-order valence-corrected chi connectivity index (χ0v) is 11.5. The van der Waals surface area contributed by atoms with E-state index in [9.17, 15) is 14.3 Å². The van der Waals surface area contributed by atoms with Crippen molar-refractivity contribution in [2.24, 2.45) is 5.92 Å². The van der Waals surface area contributed by atoms with Crippen LogP contribution in [0.5, 0.6) is 5.75 Å². The highest BCUT2D eigenvalue weighted by Crippen LogP contribution is 2.29. The monoisotopic (exact) mass is 281 g/mol. The van der Waals surface area contributed by atoms with Gasteiger partial charge in [-0.1, -0.05) is 6.07 Å². The van der Waals surface area contributed by atoms with E-state index in [1.54, 1.807) is 6.07 Å². The number of aliphatic carboxylic acids is 1. The van der Waals surface area contributed by atoms with Crippen LogP contribution in [0.3, 0.4) is 0 Å². The first-order chi connectivity index (χ1) is 9.47. The smallest absolute Gasteiger partial charge is 0.306 e. The first kappa shape index (κ1) is 14.8. The van der Waals surface area contributed by atoms with Crippen LogP contribution in [0.25, 0.3) is 0 Å². The van der Waals surface area contributed by atoms with Crippen LogP contribution in [0.1, 0.15) is 44.2 Å². The van der Waals surface area contributed by atoms with Crippen LogP contribution in [0.4, 0.5) is 4.39 Å². The molecule has 0 heterocycles. The van der Waals surface area contributed by atoms with Gasteiger partial charge in [-0.25, -0.2) is 4.39 Å². The van der Waals surface area contributed by atoms with E-state index in [4.69, 9.17) is 5.11 Å². The van der Waals surface area contributed by atoms with E-state index in [0.717, 1.165) is 18.9 Å². The van der Waals surface area contributed by atoms with Gasteiger partial charge in [0.05, 0.1) is 5.92 Å². The van der Waals surface area contributed by atoms with E-state index < -0.39 is 11.8 Å². The van der Waals surface area contributed by atoms with Gasteiger partial charge in [-0.15, -0.1) is 0 Å². The Morgan fingerprint density at radius 1 is 1.35 bits per heavy atom. The predicted molar refractivity (Wildman–Crippen MR) is 73.0 cm³/mol. The molecule has 2 rings (SSSR count). The van der Waals surface area contributed by atoms with Crippen LogP contribution >= 0.6 is 0 Å². The van der Waals surface area contributed by atoms with Gasteiger partial charge in [0.15, 0.2) is 0 Å². The highest BCUT2D eigenvalue weighted by molar-refractivity contribution is 5.70. The van der Waals surface area contributed by atoms with Gasteiger partial charge in [0.1, 0.15) is 11.6 Å². The lowest BCUT2D eigenvalue weighted by atomic mass is 9.85. The molecule has 1 atom stereocenters. The van der Waals surface area contributed by atoms with E-state index in [1.807, 2.05) is 6.92 Å². The van der Waals surface area contributed by atoms with Crippen LogP contribution in [-0.4, -0.2) is 22.2 Å². The highest BCUT2D eigenvalue weighted by atomic mass is 19.1. The van der Waals surface area contributed by atoms with Crippen molar-refractivity contribution in [3.8, 4) is 5.75 Å². The number of benzene rings is 1. The molecule has 0 aliphatic heterocycles. The van der Waals surface area contributed by atoms with Crippen LogP contribution in [-0.2, 0) is 4.79 Å². The predicted octanol–water partition coefficient (Wildman–Crippen LogP) is 2.83. The Morgan fingerprint density at radius 2 is 2.00 bits per heavy atom. The third-order valence-electron chi connectivity index (χ3n) is 4.02. The maximum Gasteiger partial charge on any atom is 0.306 e. The maximum atomic E-state index is 13.0. The maximum absolute atomic E-state index is 13.0. The standard InChI is InChI=1S/C15H20FNO3/c1-9(13-7-4-11(16)8-14(13)18)17-12-5-2-10(3-6-12)15(19)20/h4,7-10,12,17-18H,2-3,5-6H2,1H3,(H,19,20). The van der Waals surface area contributed by atoms with Crippen molar-refractivity contribution in [2.45, 2.75) is 44.7 Å². The lowest BCUT2D eigenvalue weighted by molar-refractivity contribution is -0.142. The summed E-state index contributed by atoms with van der Waals surface area (Å²) in [6.07, 6.45) is 2.97. The Balaban J connectivity index is 1.92. The first-order valence-electron chi connectivity index (χ1n) is 6.94. The number of hydrogen-bond donors (Lipinski definition) is 3. The Morgan fingerprint density at radius 3 is 2.55 bits per heavy atom. The van der Waals surface area contributed by atoms with Gasteiger partial charge in [0.25, 0.3) is 0 Å². The van der Waals surface area contributed by atoms with Gasteiger partial charge in [-0.2, -0.15) is 0 Å². The molecule has 1 aliphatic rings. The summed E-state index contributed by atoms with van der Waals surface area (Å²) in [7, 11) is 0. The Kier molecular flexibility index (Phi) is 4.60. The van der Waals surface area contributed by atoms with E-state index in [0.29, 0.717) is 18.4 Å². The molecule has 0 saturated heterocycles. The molecule has 1 unspecified atom stereocenters. The van der Waals surface area contributed by atoms with Gasteiger partial charge in [-0.05, 0) is 38.7 Å². The number of phenolic OH excluding ortho intramolecular Hbond substituents is 1. The van der Waals surface area contributed by atoms with Crippen molar-refractivity contribution in [1.29, 1.82) is 0 Å². The number of rotatable bonds is 4. The summed E-state index contributed by atoms with van der Waals surface area (Å²) in [5.41, 5.74) is 0.659. The zero-order valence-electron chi connectivity index (χ0n) is 11.5. The quantitative estimate of drug-likeness (QED) is 0.793. The molecule has 20 heavy (non-hydrogen) atoms. The molecule has 1 aromatic carbocycles. The van der Waals surface area contributed by atoms with E-state index >= 15 is 0 Å². The van der Waals surface area contributed by atoms with E-state index in [1.165, 1.54) is 6.07 Å². The van der Waals surface area contributed by atoms with E-state index in [-0.39, 0.29) is 23.8 Å². The third-order valence-corrected chi connectivity index (χ3v) is 4.02. The molecule has 0 bridgehead atoms. The SMILES string of the molecule is CC(NC1CCC(C(=O)O)CC1)c1ccc(F)cc1O. The normalized spacial score (nSPS) is 24.3. The van der Waals surface area contributed by atoms with Crippen LogP contribution in [0.15, 0.2) is 18.2 Å². The largest absolute Gasteiger partial charge is 0.508 e. The molecule has 1 saturated carbocycles. The average molecular weight is 281 g/mol. The van der Waals surface area contributed by atoms with E-state index in [2.05, 4.69) is 5.32 Å². The number of phenols is 1. The molecule has 0 spiro atoms. The summed E-state index contributed by atoms with van der Waals surface area (Å²) in [5.74, 6) is -1.46. The molecular weight excluding hydrogens is 261 g/mol. The second-order valence-electron chi connectivity index (χ2n) is 5.48. The number of hydrogen-bond acceptors (Lipinski definition) is 3. The van der Waals surface area contributed by atoms with Crippen molar-refractivity contribution in [3.63, 3.8) is 0 Å². The summed E-state index contributed by atoms with van der Waals surface area (Å²) in [4.78, 5) is 10.9. The fraction of sp³-hybridized carbons (Fsp3) is 0.533. The van der Waals surface area contributed by atoms with Gasteiger partial charge >= 0.3 is 5.97 Å². The number of carboxylic acid groups (broad SMARTS) is 1. The van der Waals surface area contributed by atoms with Crippen molar-refractivity contribution in [2.75, 3.05) is 0 Å². The number of halogens is 1. The minimum absolute atomic E-state index is 0.0516. The Labute approximate surface area is 117 Å². The number of aromatic hydroxyl groups is 1. The summed E-state index contributed by atoms with van der Waals surface area (Å²) < 4.78 is 13.0. The summed E-state index contributed by atoms with van der Waals surface area (Å²) in [6.45, 7) is 1.91. The second kappa shape index (κ2) is 6.22. The first-order valence-corrected chi connectivity index (χ1v) is 6.94. The lowest BCUT2D eigenvalue weighted by Crippen LogP contribution is -2.36. The fourth-order valence-electron chi connectivity index (χ4n) is 2.83. The van der Waals surface area contributed by atoms with Gasteiger partial charge in [0, 0.05) is 23.7 Å². The lowest BCUT2D eigenvalue weighted by Gasteiger charge is -2.29. The van der Waals surface area contributed by atoms with Crippen LogP contribution in [0, 0.1) is 11.7 Å². The topological polar surface area (TPSA) is 69.6 Å². The summed E-state index contributed by atoms with van der Waals surface area (Å²) in [5, 5.41) is 22.1. The molecule has 0 radical (unpaired) electrons. The number of nitrogens with one attached hydrogen (secondary N) is 1. The van der Waals surface area contributed by atoms with Crippen molar-refractivity contribution in [1.82, 2.24) is 5.32 Å². The molecular formula is C15H20FNO3. The zero-order chi connectivity index (χ0) is 14.7. The minimum atomic E-state index is -0.715. The molecule has 1 fully saturated rings.